The van der Waals surface area contributed by atoms with E-state index in [1.807, 2.05) is 0 Å². The van der Waals surface area contributed by atoms with Crippen LogP contribution < -0.4 is 5.32 Å². The van der Waals surface area contributed by atoms with Crippen molar-refractivity contribution < 1.29 is 4.79 Å². The van der Waals surface area contributed by atoms with E-state index in [0.717, 1.165) is 0 Å². The van der Waals surface area contributed by atoms with Crippen LogP contribution >= 0.6 is 0 Å². The van der Waals surface area contributed by atoms with E-state index < -0.39 is 0 Å². The van der Waals surface area contributed by atoms with Crippen LogP contribution in [0.25, 0.3) is 0 Å². The first-order chi connectivity index (χ1) is 9.18. The minimum Gasteiger partial charge on any atom is -0.348 e. The minimum atomic E-state index is 0.150. The van der Waals surface area contributed by atoms with Gasteiger partial charge in [-0.05, 0) is 24.3 Å². The predicted molar refractivity (Wildman–Crippen MR) is 78.1 cm³/mol. The maximum atomic E-state index is 11.7. The van der Waals surface area contributed by atoms with Crippen molar-refractivity contribution in [1.82, 2.24) is 10.2 Å². The number of nitrogens with one attached hydrogen (secondary N) is 1. The fourth-order valence-corrected chi connectivity index (χ4v) is 2.85. The lowest BCUT2D eigenvalue weighted by Gasteiger charge is -2.33. The van der Waals surface area contributed by atoms with Gasteiger partial charge in [-0.2, -0.15) is 0 Å². The van der Waals surface area contributed by atoms with Gasteiger partial charge in [-0.3, -0.25) is 4.79 Å². The highest BCUT2D eigenvalue weighted by Crippen LogP contribution is 2.32. The molecule has 1 aromatic carbocycles. The van der Waals surface area contributed by atoms with Gasteiger partial charge in [0.25, 0.3) is 0 Å². The van der Waals surface area contributed by atoms with E-state index in [1.54, 1.807) is 19.0 Å². The second kappa shape index (κ2) is 6.71. The third-order valence-corrected chi connectivity index (χ3v) is 4.01. The fourth-order valence-electron chi connectivity index (χ4n) is 2.85. The third-order valence-electron chi connectivity index (χ3n) is 4.01. The van der Waals surface area contributed by atoms with Gasteiger partial charge >= 0.3 is 0 Å². The zero-order valence-corrected chi connectivity index (χ0v) is 11.9. The molecule has 0 aliphatic heterocycles. The van der Waals surface area contributed by atoms with Crippen LogP contribution in [0.5, 0.6) is 0 Å². The van der Waals surface area contributed by atoms with Gasteiger partial charge in [0.2, 0.25) is 5.91 Å². The topological polar surface area (TPSA) is 32.3 Å². The lowest BCUT2D eigenvalue weighted by molar-refractivity contribution is -0.127. The lowest BCUT2D eigenvalue weighted by Crippen LogP contribution is -2.42. The Morgan fingerprint density at radius 3 is 2.58 bits per heavy atom. The van der Waals surface area contributed by atoms with Gasteiger partial charge in [0, 0.05) is 20.1 Å². The van der Waals surface area contributed by atoms with Crippen molar-refractivity contribution in [2.75, 3.05) is 20.6 Å². The summed E-state index contributed by atoms with van der Waals surface area (Å²) in [6, 6.07) is 11.1. The molecule has 0 bridgehead atoms. The average Bonchev–Trinajstić information content (AvgIpc) is 2.46. The Kier molecular flexibility index (Phi) is 4.97. The van der Waals surface area contributed by atoms with Gasteiger partial charge in [0.1, 0.15) is 0 Å². The van der Waals surface area contributed by atoms with Gasteiger partial charge in [-0.1, -0.05) is 43.2 Å². The second-order valence-electron chi connectivity index (χ2n) is 5.58. The van der Waals surface area contributed by atoms with E-state index in [0.29, 0.717) is 18.5 Å². The van der Waals surface area contributed by atoms with Crippen LogP contribution in [0.2, 0.25) is 0 Å². The number of hydrogen-bond donors (Lipinski definition) is 1. The van der Waals surface area contributed by atoms with E-state index >= 15 is 0 Å². The maximum Gasteiger partial charge on any atom is 0.236 e. The van der Waals surface area contributed by atoms with Crippen molar-refractivity contribution in [3.8, 4) is 0 Å². The summed E-state index contributed by atoms with van der Waals surface area (Å²) in [5, 5.41) is 3.46. The molecule has 2 rings (SSSR count). The summed E-state index contributed by atoms with van der Waals surface area (Å²) in [5.74, 6) is 0.697. The average molecular weight is 260 g/mol. The first kappa shape index (κ1) is 14.1. The Bertz CT molecular complexity index is 402. The van der Waals surface area contributed by atoms with Crippen LogP contribution in [0.4, 0.5) is 0 Å². The molecule has 19 heavy (non-hydrogen) atoms. The molecule has 1 fully saturated rings. The number of hydrogen-bond acceptors (Lipinski definition) is 2. The van der Waals surface area contributed by atoms with Crippen molar-refractivity contribution in [3.05, 3.63) is 35.9 Å². The molecule has 3 heteroatoms. The van der Waals surface area contributed by atoms with Gasteiger partial charge in [0.05, 0.1) is 6.54 Å². The zero-order valence-electron chi connectivity index (χ0n) is 11.9. The summed E-state index contributed by atoms with van der Waals surface area (Å²) in [5.41, 5.74) is 1.40. The van der Waals surface area contributed by atoms with Crippen molar-refractivity contribution in [2.24, 2.45) is 0 Å². The molecule has 1 N–H and O–H groups in total. The number of nitrogens with zero attached hydrogens (tertiary/aromatic N) is 1. The van der Waals surface area contributed by atoms with Crippen molar-refractivity contribution in [2.45, 2.75) is 37.6 Å². The molecule has 0 saturated heterocycles. The van der Waals surface area contributed by atoms with E-state index in [9.17, 15) is 4.79 Å². The molecule has 104 valence electrons. The van der Waals surface area contributed by atoms with Crippen LogP contribution in [-0.2, 0) is 4.79 Å². The van der Waals surface area contributed by atoms with Crippen LogP contribution in [-0.4, -0.2) is 37.5 Å². The highest BCUT2D eigenvalue weighted by molar-refractivity contribution is 5.77. The molecule has 1 saturated carbocycles. The smallest absolute Gasteiger partial charge is 0.236 e. The van der Waals surface area contributed by atoms with Crippen LogP contribution in [0, 0.1) is 0 Å². The molecule has 1 aromatic rings. The normalized spacial score (nSPS) is 23.1. The number of benzene rings is 1. The van der Waals surface area contributed by atoms with Crippen LogP contribution in [0.1, 0.15) is 37.2 Å². The minimum absolute atomic E-state index is 0.150. The standard InChI is InChI=1S/C16H24N2O/c1-18(2)16(19)12-17-15-11-7-6-10-14(15)13-8-4-3-5-9-13/h3-5,8-9,14-15,17H,6-7,10-12H2,1-2H3. The van der Waals surface area contributed by atoms with Crippen molar-refractivity contribution in [3.63, 3.8) is 0 Å². The van der Waals surface area contributed by atoms with Crippen molar-refractivity contribution >= 4 is 5.91 Å². The van der Waals surface area contributed by atoms with E-state index in [1.165, 1.54) is 31.2 Å². The van der Waals surface area contributed by atoms with Gasteiger partial charge in [-0.25, -0.2) is 0 Å². The van der Waals surface area contributed by atoms with Gasteiger partial charge in [0.15, 0.2) is 0 Å². The van der Waals surface area contributed by atoms with Crippen LogP contribution in [0.3, 0.4) is 0 Å². The molecule has 0 heterocycles. The highest BCUT2D eigenvalue weighted by atomic mass is 16.2. The fraction of sp³-hybridized carbons (Fsp3) is 0.562. The highest BCUT2D eigenvalue weighted by Gasteiger charge is 2.26. The summed E-state index contributed by atoms with van der Waals surface area (Å²) in [6.45, 7) is 0.445. The first-order valence-corrected chi connectivity index (χ1v) is 7.17. The molecule has 0 aromatic heterocycles. The number of carbonyl (C=O) groups is 1. The molecule has 1 amide bonds. The Labute approximate surface area is 116 Å². The summed E-state index contributed by atoms with van der Waals surface area (Å²) in [4.78, 5) is 13.3. The molecule has 2 unspecified atom stereocenters. The molecule has 3 nitrogen and oxygen atoms in total. The second-order valence-corrected chi connectivity index (χ2v) is 5.58. The number of likely N-dealkylation sites (N-methyl/N-ethyl adjacent to an activating group) is 1. The van der Waals surface area contributed by atoms with Gasteiger partial charge in [-0.15, -0.1) is 0 Å². The maximum absolute atomic E-state index is 11.7. The molecular formula is C16H24N2O. The Morgan fingerprint density at radius 2 is 1.89 bits per heavy atom. The Hall–Kier alpha value is -1.35. The third kappa shape index (κ3) is 3.80. The SMILES string of the molecule is CN(C)C(=O)CNC1CCCCC1c1ccccc1. The van der Waals surface area contributed by atoms with Gasteiger partial charge < -0.3 is 10.2 Å². The summed E-state index contributed by atoms with van der Waals surface area (Å²) < 4.78 is 0. The summed E-state index contributed by atoms with van der Waals surface area (Å²) >= 11 is 0. The summed E-state index contributed by atoms with van der Waals surface area (Å²) in [7, 11) is 3.61. The molecule has 1 aliphatic rings. The first-order valence-electron chi connectivity index (χ1n) is 7.17. The van der Waals surface area contributed by atoms with E-state index in [4.69, 9.17) is 0 Å². The molecule has 2 atom stereocenters. The van der Waals surface area contributed by atoms with E-state index in [-0.39, 0.29) is 5.91 Å². The number of carbonyl (C=O) groups excluding carboxylic acids is 1. The van der Waals surface area contributed by atoms with E-state index in [2.05, 4.69) is 35.6 Å². The largest absolute Gasteiger partial charge is 0.348 e. The zero-order chi connectivity index (χ0) is 13.7. The Balaban J connectivity index is 1.98. The molecule has 0 radical (unpaired) electrons. The van der Waals surface area contributed by atoms with Crippen LogP contribution in [0.15, 0.2) is 30.3 Å². The number of amides is 1. The molecule has 0 spiro atoms. The monoisotopic (exact) mass is 260 g/mol. The molecule has 1 aliphatic carbocycles. The van der Waals surface area contributed by atoms with Crippen molar-refractivity contribution in [1.29, 1.82) is 0 Å². The predicted octanol–water partition coefficient (Wildman–Crippen LogP) is 2.39. The lowest BCUT2D eigenvalue weighted by atomic mass is 9.80. The number of rotatable bonds is 4. The summed E-state index contributed by atoms with van der Waals surface area (Å²) in [6.07, 6.45) is 4.94. The molecular weight excluding hydrogens is 236 g/mol. The Morgan fingerprint density at radius 1 is 1.21 bits per heavy atom. The quantitative estimate of drug-likeness (QED) is 0.901.